The number of hydrogen-bond acceptors (Lipinski definition) is 1. The summed E-state index contributed by atoms with van der Waals surface area (Å²) < 4.78 is 20.5. The van der Waals surface area contributed by atoms with Crippen LogP contribution in [0.2, 0.25) is 0 Å². The monoisotopic (exact) mass is 255 g/mol. The summed E-state index contributed by atoms with van der Waals surface area (Å²) in [5.41, 5.74) is 2.19. The molecule has 0 fully saturated rings. The van der Waals surface area contributed by atoms with Crippen molar-refractivity contribution >= 4 is 10.9 Å². The Bertz CT molecular complexity index is 718. The summed E-state index contributed by atoms with van der Waals surface area (Å²) >= 11 is 0. The minimum absolute atomic E-state index is 0.202. The minimum atomic E-state index is -0.202. The summed E-state index contributed by atoms with van der Waals surface area (Å²) in [6.45, 7) is 0.742. The zero-order valence-electron chi connectivity index (χ0n) is 10.6. The van der Waals surface area contributed by atoms with Gasteiger partial charge < -0.3 is 9.30 Å². The second-order valence-electron chi connectivity index (χ2n) is 4.50. The second kappa shape index (κ2) is 4.76. The Morgan fingerprint density at radius 1 is 1.11 bits per heavy atom. The topological polar surface area (TPSA) is 14.2 Å². The predicted molar refractivity (Wildman–Crippen MR) is 74.0 cm³/mol. The van der Waals surface area contributed by atoms with Crippen molar-refractivity contribution in [3.05, 3.63) is 66.1 Å². The van der Waals surface area contributed by atoms with Gasteiger partial charge in [0.05, 0.1) is 7.11 Å². The fraction of sp³-hybridized carbons (Fsp3) is 0.125. The van der Waals surface area contributed by atoms with Crippen LogP contribution >= 0.6 is 0 Å². The smallest absolute Gasteiger partial charge is 0.123 e. The highest BCUT2D eigenvalue weighted by molar-refractivity contribution is 5.80. The zero-order chi connectivity index (χ0) is 13.2. The van der Waals surface area contributed by atoms with Crippen molar-refractivity contribution < 1.29 is 9.13 Å². The Hall–Kier alpha value is -2.29. The molecule has 0 unspecified atom stereocenters. The normalized spacial score (nSPS) is 10.8. The Morgan fingerprint density at radius 2 is 2.00 bits per heavy atom. The third kappa shape index (κ3) is 2.32. The number of benzene rings is 2. The maximum atomic E-state index is 13.1. The van der Waals surface area contributed by atoms with Gasteiger partial charge in [-0.1, -0.05) is 12.1 Å². The van der Waals surface area contributed by atoms with Crippen molar-refractivity contribution in [2.24, 2.45) is 0 Å². The lowest BCUT2D eigenvalue weighted by Crippen LogP contribution is -1.98. The molecule has 2 aromatic carbocycles. The molecular weight excluding hydrogens is 241 g/mol. The van der Waals surface area contributed by atoms with Gasteiger partial charge in [-0.25, -0.2) is 4.39 Å². The fourth-order valence-corrected chi connectivity index (χ4v) is 2.28. The largest absolute Gasteiger partial charge is 0.497 e. The molecule has 0 atom stereocenters. The molecule has 0 bridgehead atoms. The molecule has 0 saturated heterocycles. The minimum Gasteiger partial charge on any atom is -0.497 e. The molecule has 0 aliphatic rings. The number of halogens is 1. The molecule has 3 aromatic rings. The van der Waals surface area contributed by atoms with Gasteiger partial charge in [-0.15, -0.1) is 0 Å². The van der Waals surface area contributed by atoms with E-state index in [-0.39, 0.29) is 5.82 Å². The third-order valence-electron chi connectivity index (χ3n) is 3.22. The summed E-state index contributed by atoms with van der Waals surface area (Å²) in [6, 6.07) is 14.7. The highest BCUT2D eigenvalue weighted by Crippen LogP contribution is 2.20. The number of hydrogen-bond donors (Lipinski definition) is 0. The van der Waals surface area contributed by atoms with Crippen molar-refractivity contribution in [1.29, 1.82) is 0 Å². The van der Waals surface area contributed by atoms with Crippen LogP contribution in [-0.4, -0.2) is 11.7 Å². The van der Waals surface area contributed by atoms with Crippen LogP contribution in [-0.2, 0) is 6.54 Å². The summed E-state index contributed by atoms with van der Waals surface area (Å²) in [6.07, 6.45) is 1.98. The molecule has 0 radical (unpaired) electrons. The van der Waals surface area contributed by atoms with Gasteiger partial charge in [-0.05, 0) is 42.0 Å². The van der Waals surface area contributed by atoms with E-state index < -0.39 is 0 Å². The van der Waals surface area contributed by atoms with Gasteiger partial charge in [0, 0.05) is 23.6 Å². The Balaban J connectivity index is 1.96. The average molecular weight is 255 g/mol. The van der Waals surface area contributed by atoms with Gasteiger partial charge in [-0.2, -0.15) is 0 Å². The van der Waals surface area contributed by atoms with Crippen LogP contribution in [0.25, 0.3) is 10.9 Å². The predicted octanol–water partition coefficient (Wildman–Crippen LogP) is 3.84. The van der Waals surface area contributed by atoms with E-state index in [1.807, 2.05) is 36.5 Å². The molecule has 0 amide bonds. The first-order chi connectivity index (χ1) is 9.26. The molecule has 96 valence electrons. The highest BCUT2D eigenvalue weighted by atomic mass is 19.1. The number of nitrogens with zero attached hydrogens (tertiary/aromatic N) is 1. The summed E-state index contributed by atoms with van der Waals surface area (Å²) in [5, 5.41) is 0.919. The van der Waals surface area contributed by atoms with Gasteiger partial charge in [0.1, 0.15) is 11.6 Å². The van der Waals surface area contributed by atoms with E-state index in [0.717, 1.165) is 28.8 Å². The molecule has 0 aliphatic carbocycles. The summed E-state index contributed by atoms with van der Waals surface area (Å²) in [4.78, 5) is 0. The Morgan fingerprint density at radius 3 is 2.84 bits per heavy atom. The first kappa shape index (κ1) is 11.8. The van der Waals surface area contributed by atoms with Crippen LogP contribution in [0, 0.1) is 5.82 Å². The molecule has 3 rings (SSSR count). The lowest BCUT2D eigenvalue weighted by molar-refractivity contribution is 0.414. The van der Waals surface area contributed by atoms with Gasteiger partial charge in [-0.3, -0.25) is 0 Å². The number of ether oxygens (including phenoxy) is 1. The highest BCUT2D eigenvalue weighted by Gasteiger charge is 2.03. The fourth-order valence-electron chi connectivity index (χ4n) is 2.28. The van der Waals surface area contributed by atoms with Crippen LogP contribution in [0.1, 0.15) is 5.56 Å². The molecular formula is C16H14FNO. The van der Waals surface area contributed by atoms with Crippen molar-refractivity contribution in [1.82, 2.24) is 4.57 Å². The van der Waals surface area contributed by atoms with E-state index in [1.165, 1.54) is 6.07 Å². The quantitative estimate of drug-likeness (QED) is 0.693. The van der Waals surface area contributed by atoms with Gasteiger partial charge in [0.2, 0.25) is 0 Å². The van der Waals surface area contributed by atoms with Crippen molar-refractivity contribution in [3.63, 3.8) is 0 Å². The van der Waals surface area contributed by atoms with Crippen LogP contribution < -0.4 is 4.74 Å². The molecule has 2 nitrogen and oxygen atoms in total. The van der Waals surface area contributed by atoms with Crippen LogP contribution in [0.4, 0.5) is 4.39 Å². The number of fused-ring (bicyclic) bond motifs is 1. The van der Waals surface area contributed by atoms with Crippen LogP contribution in [0.5, 0.6) is 5.75 Å². The molecule has 0 N–H and O–H groups in total. The molecule has 0 aliphatic heterocycles. The average Bonchev–Trinajstić information content (AvgIpc) is 2.81. The number of rotatable bonds is 3. The van der Waals surface area contributed by atoms with E-state index in [9.17, 15) is 4.39 Å². The van der Waals surface area contributed by atoms with Crippen molar-refractivity contribution in [2.75, 3.05) is 7.11 Å². The zero-order valence-corrected chi connectivity index (χ0v) is 10.6. The van der Waals surface area contributed by atoms with Crippen molar-refractivity contribution in [3.8, 4) is 5.75 Å². The molecule has 19 heavy (non-hydrogen) atoms. The molecule has 1 heterocycles. The third-order valence-corrected chi connectivity index (χ3v) is 3.22. The lowest BCUT2D eigenvalue weighted by atomic mass is 10.2. The Kier molecular flexibility index (Phi) is 2.95. The number of aromatic nitrogens is 1. The SMILES string of the molecule is COc1cccc(Cn2ccc3cc(F)ccc32)c1. The van der Waals surface area contributed by atoms with E-state index in [4.69, 9.17) is 4.74 Å². The van der Waals surface area contributed by atoms with E-state index in [0.29, 0.717) is 0 Å². The standard InChI is InChI=1S/C16H14FNO/c1-19-15-4-2-3-12(9-15)11-18-8-7-13-10-14(17)5-6-16(13)18/h2-10H,11H2,1H3. The van der Waals surface area contributed by atoms with E-state index in [1.54, 1.807) is 13.2 Å². The lowest BCUT2D eigenvalue weighted by Gasteiger charge is -2.07. The van der Waals surface area contributed by atoms with Crippen LogP contribution in [0.15, 0.2) is 54.7 Å². The first-order valence-corrected chi connectivity index (χ1v) is 6.13. The van der Waals surface area contributed by atoms with Gasteiger partial charge >= 0.3 is 0 Å². The van der Waals surface area contributed by atoms with Gasteiger partial charge in [0.15, 0.2) is 0 Å². The van der Waals surface area contributed by atoms with Crippen LogP contribution in [0.3, 0.4) is 0 Å². The molecule has 0 spiro atoms. The maximum absolute atomic E-state index is 13.1. The molecule has 0 saturated carbocycles. The molecule has 3 heteroatoms. The summed E-state index contributed by atoms with van der Waals surface area (Å²) in [5.74, 6) is 0.645. The number of methoxy groups -OCH3 is 1. The Labute approximate surface area is 111 Å². The van der Waals surface area contributed by atoms with E-state index in [2.05, 4.69) is 10.6 Å². The van der Waals surface area contributed by atoms with E-state index >= 15 is 0 Å². The maximum Gasteiger partial charge on any atom is 0.123 e. The van der Waals surface area contributed by atoms with Crippen molar-refractivity contribution in [2.45, 2.75) is 6.54 Å². The van der Waals surface area contributed by atoms with Gasteiger partial charge in [0.25, 0.3) is 0 Å². The first-order valence-electron chi connectivity index (χ1n) is 6.13. The molecule has 1 aromatic heterocycles. The second-order valence-corrected chi connectivity index (χ2v) is 4.50. The summed E-state index contributed by atoms with van der Waals surface area (Å²) in [7, 11) is 1.66.